The molecule has 2 aromatic carbocycles. The smallest absolute Gasteiger partial charge is 0.192 e. The molecule has 3 rings (SSSR count). The number of alkyl halides is 1. The van der Waals surface area contributed by atoms with Gasteiger partial charge in [0.05, 0.1) is 11.7 Å². The first-order chi connectivity index (χ1) is 17.5. The van der Waals surface area contributed by atoms with Crippen LogP contribution < -0.4 is 10.1 Å². The van der Waals surface area contributed by atoms with Gasteiger partial charge in [-0.05, 0) is 19.9 Å². The van der Waals surface area contributed by atoms with Gasteiger partial charge in [0.2, 0.25) is 0 Å². The van der Waals surface area contributed by atoms with Crippen LogP contribution >= 0.6 is 19.8 Å². The van der Waals surface area contributed by atoms with Crippen molar-refractivity contribution in [1.29, 1.82) is 5.26 Å². The molecular formula is C30H38IN3O3. The van der Waals surface area contributed by atoms with Crippen LogP contribution in [-0.4, -0.2) is 38.4 Å². The molecule has 1 atom stereocenters. The molecule has 0 saturated carbocycles. The molecule has 2 N–H and O–H groups in total. The molecule has 0 saturated heterocycles. The van der Waals surface area contributed by atoms with Crippen LogP contribution in [0.3, 0.4) is 0 Å². The van der Waals surface area contributed by atoms with Gasteiger partial charge in [0, 0.05) is 0 Å². The Bertz CT molecular complexity index is 1200. The van der Waals surface area contributed by atoms with E-state index in [1.807, 2.05) is 13.8 Å². The minimum atomic E-state index is -1.30. The van der Waals surface area contributed by atoms with Crippen LogP contribution in [-0.2, 0) is 6.42 Å². The number of nitrogens with one attached hydrogen (secondary N) is 1. The Morgan fingerprint density at radius 2 is 1.89 bits per heavy atom. The van der Waals surface area contributed by atoms with Crippen LogP contribution in [0.25, 0.3) is 5.70 Å². The molecule has 0 fully saturated rings. The van der Waals surface area contributed by atoms with Gasteiger partial charge in [-0.15, -0.1) is 0 Å². The van der Waals surface area contributed by atoms with Crippen LogP contribution in [0.2, 0.25) is 0 Å². The van der Waals surface area contributed by atoms with E-state index < -0.39 is 19.8 Å². The number of aliphatic hydroxyl groups is 1. The zero-order valence-electron chi connectivity index (χ0n) is 22.6. The third-order valence-electron chi connectivity index (χ3n) is 5.80. The van der Waals surface area contributed by atoms with Gasteiger partial charge >= 0.3 is 176 Å². The third kappa shape index (κ3) is 8.41. The quantitative estimate of drug-likeness (QED) is 0.241. The van der Waals surface area contributed by atoms with Crippen LogP contribution in [0.4, 0.5) is 0 Å². The average Bonchev–Trinajstić information content (AvgIpc) is 3.18. The first kappa shape index (κ1) is 28.9. The molecule has 6 nitrogen and oxygen atoms in total. The Balaban J connectivity index is 1.68. The van der Waals surface area contributed by atoms with E-state index in [1.165, 1.54) is 3.72 Å². The molecule has 0 unspecified atom stereocenters. The fraction of sp³-hybridized carbons (Fsp3) is 0.433. The molecule has 37 heavy (non-hydrogen) atoms. The average molecular weight is 616 g/mol. The van der Waals surface area contributed by atoms with Crippen molar-refractivity contribution in [2.24, 2.45) is 10.4 Å². The second-order valence-electron chi connectivity index (χ2n) is 10.8. The van der Waals surface area contributed by atoms with E-state index in [2.05, 4.69) is 65.4 Å². The fourth-order valence-electron chi connectivity index (χ4n) is 4.01. The van der Waals surface area contributed by atoms with E-state index in [-0.39, 0.29) is 30.1 Å². The number of nitrogens with zero attached hydrogens (tertiary/aromatic N) is 2. The molecule has 0 bridgehead atoms. The van der Waals surface area contributed by atoms with Crippen molar-refractivity contribution in [2.45, 2.75) is 66.0 Å². The molecule has 198 valence electrons. The van der Waals surface area contributed by atoms with Crippen molar-refractivity contribution in [3.63, 3.8) is 0 Å². The summed E-state index contributed by atoms with van der Waals surface area (Å²) in [6.45, 7) is 10.5. The van der Waals surface area contributed by atoms with Gasteiger partial charge in [-0.3, -0.25) is 0 Å². The molecule has 0 radical (unpaired) electrons. The van der Waals surface area contributed by atoms with Crippen LogP contribution in [0.5, 0.6) is 5.75 Å². The summed E-state index contributed by atoms with van der Waals surface area (Å²) in [6, 6.07) is 15.1. The molecule has 0 aliphatic carbocycles. The minimum absolute atomic E-state index is 0.0328. The number of rotatable bonds is 10. The number of aliphatic hydroxyl groups excluding tert-OH is 1. The number of carbonyl (C=O) groups excluding carboxylic acids is 1. The molecule has 1 aliphatic rings. The van der Waals surface area contributed by atoms with Crippen molar-refractivity contribution in [3.8, 4) is 11.8 Å². The summed E-state index contributed by atoms with van der Waals surface area (Å²) in [6.07, 6.45) is 2.00. The van der Waals surface area contributed by atoms with Gasteiger partial charge in [0.25, 0.3) is 0 Å². The molecule has 1 amide bonds. The molecule has 1 heterocycles. The normalized spacial score (nSPS) is 15.2. The van der Waals surface area contributed by atoms with Gasteiger partial charge in [-0.1, -0.05) is 0 Å². The topological polar surface area (TPSA) is 94.7 Å². The number of aliphatic imine (C=N–C) groups is 1. The first-order valence-corrected chi connectivity index (χ1v) is 17.1. The second-order valence-corrected chi connectivity index (χ2v) is 15.6. The summed E-state index contributed by atoms with van der Waals surface area (Å²) in [5, 5.41) is 22.1. The van der Waals surface area contributed by atoms with Crippen molar-refractivity contribution in [1.82, 2.24) is 5.32 Å². The summed E-state index contributed by atoms with van der Waals surface area (Å²) in [5.41, 5.74) is 4.23. The van der Waals surface area contributed by atoms with Crippen molar-refractivity contribution >= 4 is 35.1 Å². The third-order valence-corrected chi connectivity index (χ3v) is 9.91. The van der Waals surface area contributed by atoms with E-state index in [0.29, 0.717) is 29.7 Å². The maximum absolute atomic E-state index is 12.9. The Morgan fingerprint density at radius 3 is 2.49 bits per heavy atom. The van der Waals surface area contributed by atoms with Gasteiger partial charge < -0.3 is 4.74 Å². The monoisotopic (exact) mass is 615 g/mol. The second kappa shape index (κ2) is 12.7. The number of hydrogen-bond donors (Lipinski definition) is 2. The van der Waals surface area contributed by atoms with E-state index >= 15 is 0 Å². The Kier molecular flexibility index (Phi) is 9.91. The van der Waals surface area contributed by atoms with Gasteiger partial charge in [-0.2, -0.15) is 5.26 Å². The minimum Gasteiger partial charge on any atom is -0.192 e. The van der Waals surface area contributed by atoms with E-state index in [1.54, 1.807) is 18.2 Å². The number of nitriles is 1. The summed E-state index contributed by atoms with van der Waals surface area (Å²) in [4.78, 5) is 20.3. The summed E-state index contributed by atoms with van der Waals surface area (Å²) >= 11 is -1.30. The number of benzene rings is 2. The zero-order chi connectivity index (χ0) is 27.2. The number of halogens is 1. The van der Waals surface area contributed by atoms with Crippen LogP contribution in [0.15, 0.2) is 51.5 Å². The maximum atomic E-state index is 12.9. The first-order valence-electron chi connectivity index (χ1n) is 12.6. The molecule has 2 aromatic rings. The van der Waals surface area contributed by atoms with E-state index in [0.717, 1.165) is 23.2 Å². The van der Waals surface area contributed by atoms with E-state index in [9.17, 15) is 15.2 Å². The standard InChI is InChI=1S/C30H38IN3O3/c1-20(2)37-27-12-11-23(16-24(27)19-32)29(36)33-25(13-14-35)15-21-7-9-22(10-8-21)26-18-31(6)28(34-26)17-30(3,4)5/h7-12,16,18,20,25,35H,13-15,17H2,1-6H3,(H,33,36)/t25-/m1/s1. The van der Waals surface area contributed by atoms with Crippen LogP contribution in [0, 0.1) is 16.7 Å². The molecular weight excluding hydrogens is 577 g/mol. The SMILES string of the molecule is CC(C)Oc1ccc(C(=O)N[C@H](CCO)Cc2ccc(C3=CI(C)C(CC(C)(C)C)=N3)cc2)cc1C#N. The predicted octanol–water partition coefficient (Wildman–Crippen LogP) is 6.35. The van der Waals surface area contributed by atoms with Crippen molar-refractivity contribution in [3.05, 3.63) is 68.8 Å². The number of carbonyl (C=O) groups is 1. The molecule has 7 heteroatoms. The molecule has 1 aliphatic heterocycles. The van der Waals surface area contributed by atoms with Gasteiger partial charge in [0.1, 0.15) is 11.8 Å². The molecule has 0 spiro atoms. The predicted molar refractivity (Wildman–Crippen MR) is 159 cm³/mol. The summed E-state index contributed by atoms with van der Waals surface area (Å²) in [7, 11) is 0. The van der Waals surface area contributed by atoms with Crippen molar-refractivity contribution in [2.75, 3.05) is 11.5 Å². The van der Waals surface area contributed by atoms with Gasteiger partial charge in [0.15, 0.2) is 0 Å². The fourth-order valence-corrected chi connectivity index (χ4v) is 8.14. The zero-order valence-corrected chi connectivity index (χ0v) is 24.8. The Labute approximate surface area is 228 Å². The molecule has 0 aromatic heterocycles. The number of ether oxygens (including phenoxy) is 1. The number of amides is 1. The summed E-state index contributed by atoms with van der Waals surface area (Å²) in [5.74, 6) is 0.185. The van der Waals surface area contributed by atoms with Crippen molar-refractivity contribution < 1.29 is 14.6 Å². The Morgan fingerprint density at radius 1 is 1.19 bits per heavy atom. The Hall–Kier alpha value is -2.70. The number of hydrogen-bond acceptors (Lipinski definition) is 5. The summed E-state index contributed by atoms with van der Waals surface area (Å²) < 4.78 is 9.41. The van der Waals surface area contributed by atoms with Gasteiger partial charge in [-0.25, -0.2) is 0 Å². The van der Waals surface area contributed by atoms with Crippen LogP contribution in [0.1, 0.15) is 74.5 Å². The van der Waals surface area contributed by atoms with E-state index in [4.69, 9.17) is 9.73 Å².